The smallest absolute Gasteiger partial charge is 0.270 e. The Balaban J connectivity index is 2.00. The van der Waals surface area contributed by atoms with E-state index >= 15 is 0 Å². The molecule has 5 nitrogen and oxygen atoms in total. The first kappa shape index (κ1) is 15.7. The van der Waals surface area contributed by atoms with Crippen molar-refractivity contribution in [3.05, 3.63) is 52.9 Å². The Kier molecular flexibility index (Phi) is 4.43. The summed E-state index contributed by atoms with van der Waals surface area (Å²) < 4.78 is 2.69. The van der Waals surface area contributed by atoms with E-state index in [4.69, 9.17) is 0 Å². The summed E-state index contributed by atoms with van der Waals surface area (Å²) >= 11 is 3.43. The number of rotatable bonds is 4. The first-order chi connectivity index (χ1) is 11.1. The van der Waals surface area contributed by atoms with Crippen molar-refractivity contribution in [2.75, 3.05) is 0 Å². The Bertz CT molecular complexity index is 841. The van der Waals surface area contributed by atoms with Crippen molar-refractivity contribution in [2.45, 2.75) is 26.3 Å². The van der Waals surface area contributed by atoms with Gasteiger partial charge >= 0.3 is 0 Å². The number of amides is 1. The van der Waals surface area contributed by atoms with Crippen molar-refractivity contribution < 1.29 is 4.79 Å². The number of aromatic nitrogens is 3. The second kappa shape index (κ2) is 6.50. The lowest BCUT2D eigenvalue weighted by Gasteiger charge is -2.10. The van der Waals surface area contributed by atoms with Crippen LogP contribution in [0.1, 0.15) is 30.8 Å². The van der Waals surface area contributed by atoms with Gasteiger partial charge in [0, 0.05) is 22.3 Å². The second-order valence-corrected chi connectivity index (χ2v) is 6.34. The quantitative estimate of drug-likeness (QED) is 0.759. The van der Waals surface area contributed by atoms with Crippen molar-refractivity contribution in [2.24, 2.45) is 0 Å². The Hall–Kier alpha value is -2.21. The average Bonchev–Trinajstić information content (AvgIpc) is 2.98. The third-order valence-electron chi connectivity index (χ3n) is 3.75. The molecule has 118 valence electrons. The van der Waals surface area contributed by atoms with Crippen LogP contribution in [-0.4, -0.2) is 26.5 Å². The van der Waals surface area contributed by atoms with Crippen LogP contribution in [0.5, 0.6) is 0 Å². The average molecular weight is 373 g/mol. The van der Waals surface area contributed by atoms with Crippen LogP contribution < -0.4 is 5.32 Å². The van der Waals surface area contributed by atoms with Gasteiger partial charge in [0.1, 0.15) is 5.69 Å². The molecule has 0 spiro atoms. The topological polar surface area (TPSA) is 59.3 Å². The maximum absolute atomic E-state index is 12.3. The highest BCUT2D eigenvalue weighted by atomic mass is 79.9. The van der Waals surface area contributed by atoms with Crippen molar-refractivity contribution >= 4 is 27.5 Å². The fraction of sp³-hybridized carbons (Fsp3) is 0.235. The number of hydrogen-bond acceptors (Lipinski definition) is 3. The zero-order chi connectivity index (χ0) is 16.4. The highest BCUT2D eigenvalue weighted by Crippen LogP contribution is 2.25. The fourth-order valence-corrected chi connectivity index (χ4v) is 2.49. The van der Waals surface area contributed by atoms with Crippen LogP contribution in [0.25, 0.3) is 16.8 Å². The first-order valence-corrected chi connectivity index (χ1v) is 8.29. The lowest BCUT2D eigenvalue weighted by Crippen LogP contribution is -2.32. The van der Waals surface area contributed by atoms with Gasteiger partial charge in [0.2, 0.25) is 0 Å². The van der Waals surface area contributed by atoms with E-state index in [1.165, 1.54) is 0 Å². The molecule has 1 unspecified atom stereocenters. The summed E-state index contributed by atoms with van der Waals surface area (Å²) in [6.45, 7) is 4.01. The molecule has 0 fully saturated rings. The van der Waals surface area contributed by atoms with Gasteiger partial charge in [0.05, 0.1) is 6.20 Å². The molecule has 0 radical (unpaired) electrons. The van der Waals surface area contributed by atoms with Gasteiger partial charge in [0.15, 0.2) is 5.65 Å². The normalized spacial score (nSPS) is 12.3. The van der Waals surface area contributed by atoms with Gasteiger partial charge in [-0.15, -0.1) is 0 Å². The molecule has 0 saturated heterocycles. The molecular weight excluding hydrogens is 356 g/mol. The molecule has 6 heteroatoms. The molecule has 0 saturated carbocycles. The zero-order valence-corrected chi connectivity index (χ0v) is 14.5. The minimum atomic E-state index is -0.162. The molecule has 0 aliphatic heterocycles. The molecule has 0 bridgehead atoms. The number of benzene rings is 1. The van der Waals surface area contributed by atoms with Crippen LogP contribution >= 0.6 is 15.9 Å². The van der Waals surface area contributed by atoms with Gasteiger partial charge in [-0.05, 0) is 37.1 Å². The predicted octanol–water partition coefficient (Wildman–Crippen LogP) is 3.69. The molecule has 1 amide bonds. The van der Waals surface area contributed by atoms with E-state index in [1.807, 2.05) is 38.1 Å². The van der Waals surface area contributed by atoms with Crippen molar-refractivity contribution in [3.63, 3.8) is 0 Å². The van der Waals surface area contributed by atoms with Crippen LogP contribution in [0.15, 0.2) is 47.2 Å². The molecule has 23 heavy (non-hydrogen) atoms. The Morgan fingerprint density at radius 1 is 1.30 bits per heavy atom. The van der Waals surface area contributed by atoms with Crippen LogP contribution in [0.3, 0.4) is 0 Å². The molecule has 0 aliphatic rings. The lowest BCUT2D eigenvalue weighted by atomic mass is 10.1. The number of carbonyl (C=O) groups is 1. The molecular formula is C17H17BrN4O. The largest absolute Gasteiger partial charge is 0.348 e. The summed E-state index contributed by atoms with van der Waals surface area (Å²) in [4.78, 5) is 16.8. The summed E-state index contributed by atoms with van der Waals surface area (Å²) in [5, 5.41) is 7.24. The van der Waals surface area contributed by atoms with E-state index < -0.39 is 0 Å². The highest BCUT2D eigenvalue weighted by molar-refractivity contribution is 9.10. The number of nitrogens with zero attached hydrogens (tertiary/aromatic N) is 3. The Morgan fingerprint density at radius 2 is 2.04 bits per heavy atom. The van der Waals surface area contributed by atoms with Crippen LogP contribution in [0.2, 0.25) is 0 Å². The third-order valence-corrected chi connectivity index (χ3v) is 4.28. The summed E-state index contributed by atoms with van der Waals surface area (Å²) in [6, 6.07) is 9.74. The second-order valence-electron chi connectivity index (χ2n) is 5.43. The molecule has 1 aromatic carbocycles. The number of fused-ring (bicyclic) bond motifs is 1. The number of hydrogen-bond donors (Lipinski definition) is 1. The highest BCUT2D eigenvalue weighted by Gasteiger charge is 2.14. The minimum Gasteiger partial charge on any atom is -0.348 e. The number of halogens is 1. The van der Waals surface area contributed by atoms with Crippen molar-refractivity contribution in [3.8, 4) is 11.1 Å². The molecule has 3 aromatic rings. The lowest BCUT2D eigenvalue weighted by molar-refractivity contribution is 0.0934. The Morgan fingerprint density at radius 3 is 2.74 bits per heavy atom. The van der Waals surface area contributed by atoms with Gasteiger partial charge in [-0.1, -0.05) is 35.0 Å². The van der Waals surface area contributed by atoms with Crippen LogP contribution in [0, 0.1) is 0 Å². The summed E-state index contributed by atoms with van der Waals surface area (Å²) in [5.41, 5.74) is 2.98. The summed E-state index contributed by atoms with van der Waals surface area (Å²) in [5.74, 6) is -0.162. The van der Waals surface area contributed by atoms with E-state index in [0.29, 0.717) is 11.3 Å². The van der Waals surface area contributed by atoms with Crippen molar-refractivity contribution in [1.82, 2.24) is 19.9 Å². The predicted molar refractivity (Wildman–Crippen MR) is 93.3 cm³/mol. The van der Waals surface area contributed by atoms with Crippen LogP contribution in [0.4, 0.5) is 0 Å². The molecule has 0 aliphatic carbocycles. The maximum Gasteiger partial charge on any atom is 0.270 e. The molecule has 2 aromatic heterocycles. The van der Waals surface area contributed by atoms with Gasteiger partial charge < -0.3 is 5.32 Å². The molecule has 1 atom stereocenters. The van der Waals surface area contributed by atoms with Gasteiger partial charge in [-0.2, -0.15) is 5.10 Å². The van der Waals surface area contributed by atoms with Gasteiger partial charge in [-0.3, -0.25) is 4.79 Å². The molecule has 1 N–H and O–H groups in total. The standard InChI is InChI=1S/C17H17BrN4O/c1-3-11(2)20-17(23)15-8-9-22-16(21-15)14(10-19-22)12-4-6-13(18)7-5-12/h4-11H,3H2,1-2H3,(H,20,23). The van der Waals surface area contributed by atoms with Gasteiger partial charge in [0.25, 0.3) is 5.91 Å². The third kappa shape index (κ3) is 3.27. The van der Waals surface area contributed by atoms with Gasteiger partial charge in [-0.25, -0.2) is 9.50 Å². The van der Waals surface area contributed by atoms with E-state index in [1.54, 1.807) is 23.0 Å². The van der Waals surface area contributed by atoms with Crippen LogP contribution in [-0.2, 0) is 0 Å². The minimum absolute atomic E-state index is 0.122. The fourth-order valence-electron chi connectivity index (χ4n) is 2.23. The number of nitrogens with one attached hydrogen (secondary N) is 1. The Labute approximate surface area is 142 Å². The summed E-state index contributed by atoms with van der Waals surface area (Å²) in [7, 11) is 0. The van der Waals surface area contributed by atoms with Crippen molar-refractivity contribution in [1.29, 1.82) is 0 Å². The molecule has 2 heterocycles. The first-order valence-electron chi connectivity index (χ1n) is 7.49. The molecule has 3 rings (SSSR count). The maximum atomic E-state index is 12.3. The monoisotopic (exact) mass is 372 g/mol. The summed E-state index contributed by atoms with van der Waals surface area (Å²) in [6.07, 6.45) is 4.41. The number of carbonyl (C=O) groups excluding carboxylic acids is 1. The van der Waals surface area contributed by atoms with E-state index in [2.05, 4.69) is 31.3 Å². The zero-order valence-electron chi connectivity index (χ0n) is 13.0. The SMILES string of the molecule is CCC(C)NC(=O)c1ccn2ncc(-c3ccc(Br)cc3)c2n1. The van der Waals surface area contributed by atoms with E-state index in [0.717, 1.165) is 22.0 Å². The van der Waals surface area contributed by atoms with E-state index in [9.17, 15) is 4.79 Å². The van der Waals surface area contributed by atoms with E-state index in [-0.39, 0.29) is 11.9 Å².